The van der Waals surface area contributed by atoms with E-state index in [1.54, 1.807) is 4.31 Å². The third kappa shape index (κ3) is 5.71. The van der Waals surface area contributed by atoms with Crippen LogP contribution in [0.1, 0.15) is 39.5 Å². The van der Waals surface area contributed by atoms with Gasteiger partial charge in [-0.25, -0.2) is 12.7 Å². The fourth-order valence-corrected chi connectivity index (χ4v) is 4.32. The van der Waals surface area contributed by atoms with Crippen molar-refractivity contribution in [3.63, 3.8) is 0 Å². The summed E-state index contributed by atoms with van der Waals surface area (Å²) in [5.74, 6) is 1.20. The van der Waals surface area contributed by atoms with Crippen molar-refractivity contribution in [3.8, 4) is 0 Å². The van der Waals surface area contributed by atoms with E-state index in [0.29, 0.717) is 23.2 Å². The Labute approximate surface area is 114 Å². The van der Waals surface area contributed by atoms with Crippen LogP contribution in [0.5, 0.6) is 0 Å². The molecule has 0 aromatic heterocycles. The van der Waals surface area contributed by atoms with Crippen LogP contribution in [-0.4, -0.2) is 36.9 Å². The molecule has 1 aliphatic heterocycles. The van der Waals surface area contributed by atoms with Crippen molar-refractivity contribution in [1.82, 2.24) is 4.31 Å². The van der Waals surface area contributed by atoms with Gasteiger partial charge in [0.1, 0.15) is 0 Å². The SMILES string of the molecule is CC(Br)CC(C)CC1CCCN(S(C)(=O)=O)C1. The molecule has 0 aromatic rings. The molecule has 3 nitrogen and oxygen atoms in total. The molecule has 0 saturated carbocycles. The molecular formula is C12H24BrNO2S. The van der Waals surface area contributed by atoms with Gasteiger partial charge in [-0.2, -0.15) is 0 Å². The molecule has 0 spiro atoms. The summed E-state index contributed by atoms with van der Waals surface area (Å²) in [6.45, 7) is 5.86. The van der Waals surface area contributed by atoms with Crippen molar-refractivity contribution in [1.29, 1.82) is 0 Å². The van der Waals surface area contributed by atoms with Gasteiger partial charge >= 0.3 is 0 Å². The van der Waals surface area contributed by atoms with Crippen molar-refractivity contribution >= 4 is 26.0 Å². The minimum atomic E-state index is -2.99. The second-order valence-electron chi connectivity index (χ2n) is 5.49. The molecule has 0 aromatic carbocycles. The first-order chi connectivity index (χ1) is 7.79. The summed E-state index contributed by atoms with van der Waals surface area (Å²) in [6, 6.07) is 0. The smallest absolute Gasteiger partial charge is 0.211 e. The van der Waals surface area contributed by atoms with E-state index >= 15 is 0 Å². The van der Waals surface area contributed by atoms with E-state index in [4.69, 9.17) is 0 Å². The zero-order chi connectivity index (χ0) is 13.1. The van der Waals surface area contributed by atoms with Crippen LogP contribution in [0, 0.1) is 11.8 Å². The molecule has 0 bridgehead atoms. The Hall–Kier alpha value is 0.390. The van der Waals surface area contributed by atoms with Gasteiger partial charge in [-0.3, -0.25) is 0 Å². The predicted octanol–water partition coefficient (Wildman–Crippen LogP) is 2.86. The third-order valence-electron chi connectivity index (χ3n) is 3.41. The number of hydrogen-bond donors (Lipinski definition) is 0. The Kier molecular flexibility index (Phi) is 5.93. The fourth-order valence-electron chi connectivity index (χ4n) is 2.74. The lowest BCUT2D eigenvalue weighted by molar-refractivity contribution is 0.232. The van der Waals surface area contributed by atoms with Gasteiger partial charge < -0.3 is 0 Å². The van der Waals surface area contributed by atoms with E-state index in [-0.39, 0.29) is 0 Å². The van der Waals surface area contributed by atoms with E-state index in [1.165, 1.54) is 12.7 Å². The first-order valence-corrected chi connectivity index (χ1v) is 9.14. The molecule has 1 heterocycles. The zero-order valence-corrected chi connectivity index (χ0v) is 13.4. The zero-order valence-electron chi connectivity index (χ0n) is 11.0. The van der Waals surface area contributed by atoms with Gasteiger partial charge in [0, 0.05) is 17.9 Å². The first-order valence-electron chi connectivity index (χ1n) is 6.38. The lowest BCUT2D eigenvalue weighted by Crippen LogP contribution is -2.39. The highest BCUT2D eigenvalue weighted by Gasteiger charge is 2.26. The minimum absolute atomic E-state index is 0.541. The maximum atomic E-state index is 11.5. The molecule has 1 saturated heterocycles. The maximum absolute atomic E-state index is 11.5. The number of piperidine rings is 1. The molecule has 3 atom stereocenters. The summed E-state index contributed by atoms with van der Waals surface area (Å²) in [4.78, 5) is 0.548. The summed E-state index contributed by atoms with van der Waals surface area (Å²) in [5.41, 5.74) is 0. The number of nitrogens with zero attached hydrogens (tertiary/aromatic N) is 1. The summed E-state index contributed by atoms with van der Waals surface area (Å²) in [5, 5.41) is 0. The number of rotatable bonds is 5. The average molecular weight is 326 g/mol. The molecule has 1 aliphatic rings. The number of halogens is 1. The molecule has 3 unspecified atom stereocenters. The van der Waals surface area contributed by atoms with Gasteiger partial charge in [-0.1, -0.05) is 29.8 Å². The van der Waals surface area contributed by atoms with Crippen molar-refractivity contribution in [2.45, 2.75) is 44.4 Å². The first kappa shape index (κ1) is 15.4. The van der Waals surface area contributed by atoms with Crippen LogP contribution in [0.4, 0.5) is 0 Å². The monoisotopic (exact) mass is 325 g/mol. The van der Waals surface area contributed by atoms with Gasteiger partial charge in [-0.05, 0) is 37.5 Å². The van der Waals surface area contributed by atoms with Gasteiger partial charge in [0.05, 0.1) is 6.26 Å². The quantitative estimate of drug-likeness (QED) is 0.729. The summed E-state index contributed by atoms with van der Waals surface area (Å²) < 4.78 is 24.7. The molecule has 0 amide bonds. The Morgan fingerprint density at radius 1 is 1.41 bits per heavy atom. The minimum Gasteiger partial charge on any atom is -0.213 e. The third-order valence-corrected chi connectivity index (χ3v) is 5.06. The van der Waals surface area contributed by atoms with E-state index in [9.17, 15) is 8.42 Å². The molecular weight excluding hydrogens is 302 g/mol. The van der Waals surface area contributed by atoms with Gasteiger partial charge in [0.15, 0.2) is 0 Å². The molecule has 1 rings (SSSR count). The van der Waals surface area contributed by atoms with Crippen LogP contribution in [-0.2, 0) is 10.0 Å². The lowest BCUT2D eigenvalue weighted by atomic mass is 9.88. The van der Waals surface area contributed by atoms with Crippen molar-refractivity contribution in [2.75, 3.05) is 19.3 Å². The van der Waals surface area contributed by atoms with E-state index in [2.05, 4.69) is 29.8 Å². The molecule has 102 valence electrons. The van der Waals surface area contributed by atoms with Crippen LogP contribution in [0.15, 0.2) is 0 Å². The number of alkyl halides is 1. The maximum Gasteiger partial charge on any atom is 0.211 e. The van der Waals surface area contributed by atoms with Crippen molar-refractivity contribution in [2.24, 2.45) is 11.8 Å². The van der Waals surface area contributed by atoms with Crippen LogP contribution in [0.2, 0.25) is 0 Å². The van der Waals surface area contributed by atoms with Crippen LogP contribution < -0.4 is 0 Å². The number of hydrogen-bond acceptors (Lipinski definition) is 2. The highest BCUT2D eigenvalue weighted by atomic mass is 79.9. The summed E-state index contributed by atoms with van der Waals surface area (Å²) in [6.07, 6.45) is 5.80. The highest BCUT2D eigenvalue weighted by molar-refractivity contribution is 9.09. The second-order valence-corrected chi connectivity index (χ2v) is 9.03. The Balaban J connectivity index is 2.45. The van der Waals surface area contributed by atoms with E-state index < -0.39 is 10.0 Å². The summed E-state index contributed by atoms with van der Waals surface area (Å²) >= 11 is 3.58. The largest absolute Gasteiger partial charge is 0.213 e. The van der Waals surface area contributed by atoms with Crippen LogP contribution in [0.3, 0.4) is 0 Å². The Morgan fingerprint density at radius 2 is 2.06 bits per heavy atom. The van der Waals surface area contributed by atoms with E-state index in [1.807, 2.05) is 0 Å². The topological polar surface area (TPSA) is 37.4 Å². The van der Waals surface area contributed by atoms with Crippen molar-refractivity contribution in [3.05, 3.63) is 0 Å². The average Bonchev–Trinajstić information content (AvgIpc) is 2.15. The van der Waals surface area contributed by atoms with Crippen molar-refractivity contribution < 1.29 is 8.42 Å². The lowest BCUT2D eigenvalue weighted by Gasteiger charge is -2.32. The Morgan fingerprint density at radius 3 is 2.59 bits per heavy atom. The fraction of sp³-hybridized carbons (Fsp3) is 1.00. The molecule has 1 fully saturated rings. The van der Waals surface area contributed by atoms with Gasteiger partial charge in [0.25, 0.3) is 0 Å². The van der Waals surface area contributed by atoms with Crippen LogP contribution in [0.25, 0.3) is 0 Å². The molecule has 0 aliphatic carbocycles. The van der Waals surface area contributed by atoms with Crippen LogP contribution >= 0.6 is 15.9 Å². The predicted molar refractivity (Wildman–Crippen MR) is 75.9 cm³/mol. The standard InChI is InChI=1S/C12H24BrNO2S/c1-10(7-11(2)13)8-12-5-4-6-14(9-12)17(3,15)16/h10-12H,4-9H2,1-3H3. The molecule has 17 heavy (non-hydrogen) atoms. The second kappa shape index (κ2) is 6.53. The molecule has 0 radical (unpaired) electrons. The number of sulfonamides is 1. The summed E-state index contributed by atoms with van der Waals surface area (Å²) in [7, 11) is -2.99. The van der Waals surface area contributed by atoms with E-state index in [0.717, 1.165) is 25.8 Å². The molecule has 5 heteroatoms. The van der Waals surface area contributed by atoms with Gasteiger partial charge in [0.2, 0.25) is 10.0 Å². The van der Waals surface area contributed by atoms with Gasteiger partial charge in [-0.15, -0.1) is 0 Å². The highest BCUT2D eigenvalue weighted by Crippen LogP contribution is 2.27. The normalized spacial score (nSPS) is 26.7. The molecule has 0 N–H and O–H groups in total. The Bertz CT molecular complexity index is 329.